The lowest BCUT2D eigenvalue weighted by atomic mass is 10.2. The summed E-state index contributed by atoms with van der Waals surface area (Å²) in [6.07, 6.45) is 0. The van der Waals surface area contributed by atoms with Crippen LogP contribution in [0.25, 0.3) is 5.69 Å². The molecule has 0 fully saturated rings. The number of methoxy groups -OCH3 is 1. The van der Waals surface area contributed by atoms with E-state index in [0.717, 1.165) is 11.4 Å². The summed E-state index contributed by atoms with van der Waals surface area (Å²) in [5, 5.41) is 3.01. The van der Waals surface area contributed by atoms with Crippen molar-refractivity contribution < 1.29 is 9.13 Å². The molecule has 124 valence electrons. The molecule has 0 aliphatic rings. The third-order valence-electron chi connectivity index (χ3n) is 3.98. The molecular formula is C18H18FN3O2. The van der Waals surface area contributed by atoms with Crippen molar-refractivity contribution in [3.05, 3.63) is 70.4 Å². The van der Waals surface area contributed by atoms with Crippen LogP contribution in [0.5, 0.6) is 5.75 Å². The minimum absolute atomic E-state index is 0.159. The Kier molecular flexibility index (Phi) is 4.12. The Balaban J connectivity index is 2.04. The Bertz CT molecular complexity index is 929. The van der Waals surface area contributed by atoms with Gasteiger partial charge in [0.25, 0.3) is 5.56 Å². The topological polar surface area (TPSA) is 48.2 Å². The van der Waals surface area contributed by atoms with Crippen molar-refractivity contribution >= 4 is 11.4 Å². The Hall–Kier alpha value is -3.02. The fraction of sp³-hybridized carbons (Fsp3) is 0.167. The highest BCUT2D eigenvalue weighted by atomic mass is 19.1. The molecule has 0 aliphatic carbocycles. The van der Waals surface area contributed by atoms with E-state index in [-0.39, 0.29) is 11.3 Å². The minimum Gasteiger partial charge on any atom is -0.494 e. The van der Waals surface area contributed by atoms with Crippen LogP contribution >= 0.6 is 0 Å². The highest BCUT2D eigenvalue weighted by molar-refractivity contribution is 5.62. The van der Waals surface area contributed by atoms with Gasteiger partial charge in [-0.25, -0.2) is 9.07 Å². The maximum Gasteiger partial charge on any atom is 0.295 e. The molecule has 0 spiro atoms. The van der Waals surface area contributed by atoms with Crippen molar-refractivity contribution in [2.24, 2.45) is 7.05 Å². The molecule has 0 amide bonds. The van der Waals surface area contributed by atoms with Crippen molar-refractivity contribution in [1.29, 1.82) is 0 Å². The van der Waals surface area contributed by atoms with Crippen LogP contribution in [-0.2, 0) is 7.05 Å². The van der Waals surface area contributed by atoms with E-state index in [1.54, 1.807) is 15.4 Å². The van der Waals surface area contributed by atoms with Crippen LogP contribution in [0.3, 0.4) is 0 Å². The van der Waals surface area contributed by atoms with E-state index in [1.165, 1.54) is 19.2 Å². The summed E-state index contributed by atoms with van der Waals surface area (Å²) in [6.45, 7) is 1.84. The van der Waals surface area contributed by atoms with Crippen molar-refractivity contribution in [2.75, 3.05) is 12.4 Å². The van der Waals surface area contributed by atoms with Crippen molar-refractivity contribution in [1.82, 2.24) is 9.36 Å². The molecule has 3 aromatic rings. The number of nitrogens with zero attached hydrogens (tertiary/aromatic N) is 2. The van der Waals surface area contributed by atoms with Crippen LogP contribution < -0.4 is 15.6 Å². The van der Waals surface area contributed by atoms with Crippen LogP contribution in [0.2, 0.25) is 0 Å². The lowest BCUT2D eigenvalue weighted by Crippen LogP contribution is -2.20. The van der Waals surface area contributed by atoms with E-state index in [2.05, 4.69) is 5.32 Å². The Morgan fingerprint density at radius 2 is 1.83 bits per heavy atom. The zero-order valence-electron chi connectivity index (χ0n) is 13.7. The summed E-state index contributed by atoms with van der Waals surface area (Å²) < 4.78 is 22.1. The quantitative estimate of drug-likeness (QED) is 0.799. The third-order valence-corrected chi connectivity index (χ3v) is 3.98. The van der Waals surface area contributed by atoms with Crippen LogP contribution in [0.1, 0.15) is 5.69 Å². The summed E-state index contributed by atoms with van der Waals surface area (Å²) in [4.78, 5) is 12.8. The molecule has 1 heterocycles. The first kappa shape index (κ1) is 15.9. The fourth-order valence-electron chi connectivity index (χ4n) is 2.60. The van der Waals surface area contributed by atoms with Crippen molar-refractivity contribution in [3.8, 4) is 11.4 Å². The summed E-state index contributed by atoms with van der Waals surface area (Å²) in [7, 11) is 3.22. The van der Waals surface area contributed by atoms with Crippen molar-refractivity contribution in [3.63, 3.8) is 0 Å². The number of hydrogen-bond acceptors (Lipinski definition) is 3. The van der Waals surface area contributed by atoms with E-state index in [0.29, 0.717) is 11.4 Å². The van der Waals surface area contributed by atoms with E-state index < -0.39 is 5.82 Å². The van der Waals surface area contributed by atoms with Gasteiger partial charge < -0.3 is 10.1 Å². The zero-order valence-corrected chi connectivity index (χ0v) is 13.7. The molecule has 0 unspecified atom stereocenters. The standard InChI is InChI=1S/C18H18FN3O2/c1-12-17(20-13-9-10-16(24-3)15(19)11-13)18(23)22(21(12)2)14-7-5-4-6-8-14/h4-11,20H,1-3H3. The van der Waals surface area contributed by atoms with Gasteiger partial charge in [-0.1, -0.05) is 18.2 Å². The van der Waals surface area contributed by atoms with Crippen LogP contribution in [-0.4, -0.2) is 16.5 Å². The van der Waals surface area contributed by atoms with Gasteiger partial charge in [-0.2, -0.15) is 0 Å². The second-order valence-electron chi connectivity index (χ2n) is 5.41. The first-order valence-corrected chi connectivity index (χ1v) is 7.47. The number of halogens is 1. The molecule has 0 saturated carbocycles. The van der Waals surface area contributed by atoms with Gasteiger partial charge in [-0.3, -0.25) is 9.48 Å². The smallest absolute Gasteiger partial charge is 0.295 e. The molecule has 0 radical (unpaired) electrons. The van der Waals surface area contributed by atoms with Gasteiger partial charge in [0.2, 0.25) is 0 Å². The average Bonchev–Trinajstić information content (AvgIpc) is 2.79. The SMILES string of the molecule is COc1ccc(Nc2c(C)n(C)n(-c3ccccc3)c2=O)cc1F. The van der Waals surface area contributed by atoms with Gasteiger partial charge in [0.15, 0.2) is 11.6 Å². The number of anilines is 2. The molecule has 0 bridgehead atoms. The second kappa shape index (κ2) is 6.23. The molecule has 1 aromatic heterocycles. The van der Waals surface area contributed by atoms with Gasteiger partial charge in [-0.15, -0.1) is 0 Å². The lowest BCUT2D eigenvalue weighted by molar-refractivity contribution is 0.386. The van der Waals surface area contributed by atoms with E-state index in [4.69, 9.17) is 4.74 Å². The van der Waals surface area contributed by atoms with Gasteiger partial charge in [0.1, 0.15) is 5.69 Å². The summed E-state index contributed by atoms with van der Waals surface area (Å²) in [5.74, 6) is -0.327. The van der Waals surface area contributed by atoms with Gasteiger partial charge in [-0.05, 0) is 31.2 Å². The number of aromatic nitrogens is 2. The molecule has 1 N–H and O–H groups in total. The normalized spacial score (nSPS) is 10.7. The number of benzene rings is 2. The van der Waals surface area contributed by atoms with Crippen LogP contribution in [0.4, 0.5) is 15.8 Å². The summed E-state index contributed by atoms with van der Waals surface area (Å²) in [5.41, 5.74) is 2.21. The molecule has 6 heteroatoms. The zero-order chi connectivity index (χ0) is 17.3. The Morgan fingerprint density at radius 3 is 2.46 bits per heavy atom. The maximum atomic E-state index is 13.9. The first-order valence-electron chi connectivity index (χ1n) is 7.47. The molecule has 0 atom stereocenters. The summed E-state index contributed by atoms with van der Waals surface area (Å²) >= 11 is 0. The molecule has 24 heavy (non-hydrogen) atoms. The number of hydrogen-bond donors (Lipinski definition) is 1. The predicted octanol–water partition coefficient (Wildman–Crippen LogP) is 3.38. The number of rotatable bonds is 4. The molecular weight excluding hydrogens is 309 g/mol. The second-order valence-corrected chi connectivity index (χ2v) is 5.41. The van der Waals surface area contributed by atoms with Crippen molar-refractivity contribution in [2.45, 2.75) is 6.92 Å². The van der Waals surface area contributed by atoms with Crippen LogP contribution in [0, 0.1) is 12.7 Å². The Labute approximate surface area is 138 Å². The highest BCUT2D eigenvalue weighted by Gasteiger charge is 2.16. The van der Waals surface area contributed by atoms with E-state index >= 15 is 0 Å². The van der Waals surface area contributed by atoms with Gasteiger partial charge in [0, 0.05) is 18.8 Å². The van der Waals surface area contributed by atoms with Gasteiger partial charge in [0.05, 0.1) is 18.5 Å². The number of para-hydroxylation sites is 1. The molecule has 2 aromatic carbocycles. The van der Waals surface area contributed by atoms with Gasteiger partial charge >= 0.3 is 0 Å². The largest absolute Gasteiger partial charge is 0.494 e. The Morgan fingerprint density at radius 1 is 1.12 bits per heavy atom. The van der Waals surface area contributed by atoms with E-state index in [9.17, 15) is 9.18 Å². The first-order chi connectivity index (χ1) is 11.5. The minimum atomic E-state index is -0.487. The third kappa shape index (κ3) is 2.67. The lowest BCUT2D eigenvalue weighted by Gasteiger charge is -2.07. The van der Waals surface area contributed by atoms with Crippen LogP contribution in [0.15, 0.2) is 53.3 Å². The molecule has 0 saturated heterocycles. The predicted molar refractivity (Wildman–Crippen MR) is 92.0 cm³/mol. The average molecular weight is 327 g/mol. The maximum absolute atomic E-state index is 13.9. The monoisotopic (exact) mass is 327 g/mol. The number of nitrogens with one attached hydrogen (secondary N) is 1. The number of ether oxygens (including phenoxy) is 1. The molecule has 5 nitrogen and oxygen atoms in total. The fourth-order valence-corrected chi connectivity index (χ4v) is 2.60. The molecule has 3 rings (SSSR count). The molecule has 0 aliphatic heterocycles. The summed E-state index contributed by atoms with van der Waals surface area (Å²) in [6, 6.07) is 13.8. The highest BCUT2D eigenvalue weighted by Crippen LogP contribution is 2.24. The van der Waals surface area contributed by atoms with E-state index in [1.807, 2.05) is 44.3 Å².